The molecule has 2 aromatic rings. The SMILES string of the molecule is N#CCCN1C(=O)c2ccccc2C1C(=O)NCc1cccc(OC(F)(F)F)c1. The Morgan fingerprint density at radius 3 is 2.69 bits per heavy atom. The number of amides is 2. The van der Waals surface area contributed by atoms with E-state index < -0.39 is 18.3 Å². The smallest absolute Gasteiger partial charge is 0.406 e. The van der Waals surface area contributed by atoms with Crippen LogP contribution in [0.4, 0.5) is 13.2 Å². The van der Waals surface area contributed by atoms with Gasteiger partial charge in [-0.3, -0.25) is 9.59 Å². The number of carbonyl (C=O) groups is 2. The van der Waals surface area contributed by atoms with Crippen LogP contribution in [0.5, 0.6) is 5.75 Å². The fraction of sp³-hybridized carbons (Fsp3) is 0.250. The molecule has 1 heterocycles. The number of nitriles is 1. The number of carbonyl (C=O) groups excluding carboxylic acids is 2. The maximum Gasteiger partial charge on any atom is 0.573 e. The van der Waals surface area contributed by atoms with Gasteiger partial charge in [0.05, 0.1) is 12.5 Å². The van der Waals surface area contributed by atoms with Gasteiger partial charge in [0.1, 0.15) is 11.8 Å². The van der Waals surface area contributed by atoms with Crippen LogP contribution in [0.15, 0.2) is 48.5 Å². The number of fused-ring (bicyclic) bond motifs is 1. The van der Waals surface area contributed by atoms with E-state index in [2.05, 4.69) is 10.1 Å². The van der Waals surface area contributed by atoms with Gasteiger partial charge in [0.25, 0.3) is 5.91 Å². The molecule has 6 nitrogen and oxygen atoms in total. The fourth-order valence-corrected chi connectivity index (χ4v) is 3.19. The van der Waals surface area contributed by atoms with Crippen LogP contribution in [0.25, 0.3) is 0 Å². The molecule has 0 radical (unpaired) electrons. The van der Waals surface area contributed by atoms with Crippen molar-refractivity contribution in [2.75, 3.05) is 6.54 Å². The zero-order chi connectivity index (χ0) is 21.0. The molecule has 0 spiro atoms. The predicted octanol–water partition coefficient (Wildman–Crippen LogP) is 3.31. The number of hydrogen-bond donors (Lipinski definition) is 1. The summed E-state index contributed by atoms with van der Waals surface area (Å²) < 4.78 is 41.0. The molecule has 1 unspecified atom stereocenters. The summed E-state index contributed by atoms with van der Waals surface area (Å²) >= 11 is 0. The number of rotatable bonds is 6. The average molecular weight is 403 g/mol. The first-order valence-corrected chi connectivity index (χ1v) is 8.69. The van der Waals surface area contributed by atoms with E-state index in [-0.39, 0.29) is 31.2 Å². The van der Waals surface area contributed by atoms with Crippen molar-refractivity contribution in [3.63, 3.8) is 0 Å². The molecule has 1 atom stereocenters. The molecule has 9 heteroatoms. The van der Waals surface area contributed by atoms with Crippen LogP contribution in [-0.2, 0) is 11.3 Å². The molecule has 2 aromatic carbocycles. The normalized spacial score (nSPS) is 15.6. The molecule has 2 amide bonds. The maximum absolute atomic E-state index is 12.8. The maximum atomic E-state index is 12.8. The second kappa shape index (κ2) is 8.22. The second-order valence-corrected chi connectivity index (χ2v) is 6.31. The second-order valence-electron chi connectivity index (χ2n) is 6.31. The third-order valence-corrected chi connectivity index (χ3v) is 4.37. The van der Waals surface area contributed by atoms with Gasteiger partial charge in [0.2, 0.25) is 5.91 Å². The molecular formula is C20H16F3N3O3. The molecule has 0 fully saturated rings. The Morgan fingerprint density at radius 1 is 1.21 bits per heavy atom. The van der Waals surface area contributed by atoms with Crippen LogP contribution in [0, 0.1) is 11.3 Å². The summed E-state index contributed by atoms with van der Waals surface area (Å²) in [5, 5.41) is 11.5. The molecule has 0 saturated heterocycles. The third kappa shape index (κ3) is 4.66. The molecule has 150 valence electrons. The molecule has 3 rings (SSSR count). The van der Waals surface area contributed by atoms with Gasteiger partial charge in [-0.15, -0.1) is 13.2 Å². The number of alkyl halides is 3. The zero-order valence-electron chi connectivity index (χ0n) is 15.1. The lowest BCUT2D eigenvalue weighted by Gasteiger charge is -2.23. The zero-order valence-corrected chi connectivity index (χ0v) is 15.1. The van der Waals surface area contributed by atoms with Gasteiger partial charge in [0, 0.05) is 18.7 Å². The monoisotopic (exact) mass is 403 g/mol. The molecule has 0 aliphatic carbocycles. The first kappa shape index (κ1) is 20.2. The van der Waals surface area contributed by atoms with E-state index in [1.807, 2.05) is 6.07 Å². The molecule has 0 aromatic heterocycles. The number of hydrogen-bond acceptors (Lipinski definition) is 4. The van der Waals surface area contributed by atoms with Crippen LogP contribution >= 0.6 is 0 Å². The minimum absolute atomic E-state index is 0.0488. The summed E-state index contributed by atoms with van der Waals surface area (Å²) in [7, 11) is 0. The highest BCUT2D eigenvalue weighted by Gasteiger charge is 2.40. The lowest BCUT2D eigenvalue weighted by atomic mass is 10.0. The van der Waals surface area contributed by atoms with Gasteiger partial charge in [-0.05, 0) is 29.3 Å². The lowest BCUT2D eigenvalue weighted by Crippen LogP contribution is -2.39. The van der Waals surface area contributed by atoms with Gasteiger partial charge in [0.15, 0.2) is 0 Å². The van der Waals surface area contributed by atoms with Crippen molar-refractivity contribution in [2.45, 2.75) is 25.4 Å². The van der Waals surface area contributed by atoms with Crippen molar-refractivity contribution >= 4 is 11.8 Å². The van der Waals surface area contributed by atoms with E-state index in [0.717, 1.165) is 6.07 Å². The predicted molar refractivity (Wildman–Crippen MR) is 95.4 cm³/mol. The molecule has 0 saturated carbocycles. The summed E-state index contributed by atoms with van der Waals surface area (Å²) in [6, 6.07) is 13.0. The van der Waals surface area contributed by atoms with Gasteiger partial charge in [-0.2, -0.15) is 5.26 Å². The molecule has 1 aliphatic rings. The highest BCUT2D eigenvalue weighted by molar-refractivity contribution is 6.04. The van der Waals surface area contributed by atoms with Crippen molar-refractivity contribution < 1.29 is 27.5 Å². The van der Waals surface area contributed by atoms with E-state index in [0.29, 0.717) is 16.7 Å². The van der Waals surface area contributed by atoms with Crippen molar-refractivity contribution in [3.8, 4) is 11.8 Å². The van der Waals surface area contributed by atoms with Crippen LogP contribution in [0.3, 0.4) is 0 Å². The average Bonchev–Trinajstić information content (AvgIpc) is 2.95. The Bertz CT molecular complexity index is 969. The quantitative estimate of drug-likeness (QED) is 0.802. The summed E-state index contributed by atoms with van der Waals surface area (Å²) in [4.78, 5) is 26.7. The van der Waals surface area contributed by atoms with Crippen LogP contribution < -0.4 is 10.1 Å². The van der Waals surface area contributed by atoms with Crippen molar-refractivity contribution in [1.29, 1.82) is 5.26 Å². The Labute approximate surface area is 164 Å². The number of ether oxygens (including phenoxy) is 1. The van der Waals surface area contributed by atoms with Crippen molar-refractivity contribution in [2.24, 2.45) is 0 Å². The van der Waals surface area contributed by atoms with E-state index >= 15 is 0 Å². The summed E-state index contributed by atoms with van der Waals surface area (Å²) in [5.74, 6) is -1.21. The highest BCUT2D eigenvalue weighted by atomic mass is 19.4. The van der Waals surface area contributed by atoms with E-state index in [4.69, 9.17) is 5.26 Å². The fourth-order valence-electron chi connectivity index (χ4n) is 3.19. The third-order valence-electron chi connectivity index (χ3n) is 4.37. The molecule has 1 aliphatic heterocycles. The standard InChI is InChI=1S/C20H16F3N3O3/c21-20(22,23)29-14-6-3-5-13(11-14)12-25-18(27)17-15-7-1-2-8-16(15)19(28)26(17)10-4-9-24/h1-3,5-8,11,17H,4,10,12H2,(H,25,27). The molecule has 29 heavy (non-hydrogen) atoms. The Kier molecular flexibility index (Phi) is 5.73. The summed E-state index contributed by atoms with van der Waals surface area (Å²) in [5.41, 5.74) is 1.33. The van der Waals surface area contributed by atoms with E-state index in [1.165, 1.54) is 17.0 Å². The minimum Gasteiger partial charge on any atom is -0.406 e. The Balaban J connectivity index is 1.75. The first-order valence-electron chi connectivity index (χ1n) is 8.69. The van der Waals surface area contributed by atoms with E-state index in [1.54, 1.807) is 30.3 Å². The number of benzene rings is 2. The highest BCUT2D eigenvalue weighted by Crippen LogP contribution is 2.33. The first-order chi connectivity index (χ1) is 13.8. The molecule has 1 N–H and O–H groups in total. The van der Waals surface area contributed by atoms with Crippen LogP contribution in [0.1, 0.15) is 33.9 Å². The lowest BCUT2D eigenvalue weighted by molar-refractivity contribution is -0.274. The van der Waals surface area contributed by atoms with Gasteiger partial charge < -0.3 is 15.0 Å². The van der Waals surface area contributed by atoms with Crippen molar-refractivity contribution in [3.05, 3.63) is 65.2 Å². The number of nitrogens with one attached hydrogen (secondary N) is 1. The Morgan fingerprint density at radius 2 is 1.97 bits per heavy atom. The van der Waals surface area contributed by atoms with Gasteiger partial charge in [-0.25, -0.2) is 0 Å². The molecular weight excluding hydrogens is 387 g/mol. The summed E-state index contributed by atoms with van der Waals surface area (Å²) in [6.07, 6.45) is -4.74. The Hall–Kier alpha value is -3.54. The number of nitrogens with zero attached hydrogens (tertiary/aromatic N) is 2. The van der Waals surface area contributed by atoms with E-state index in [9.17, 15) is 22.8 Å². The molecule has 0 bridgehead atoms. The summed E-state index contributed by atoms with van der Waals surface area (Å²) in [6.45, 7) is 0.0455. The van der Waals surface area contributed by atoms with Gasteiger partial charge >= 0.3 is 6.36 Å². The largest absolute Gasteiger partial charge is 0.573 e. The minimum atomic E-state index is -4.81. The van der Waals surface area contributed by atoms with Crippen molar-refractivity contribution in [1.82, 2.24) is 10.2 Å². The topological polar surface area (TPSA) is 82.4 Å². The van der Waals surface area contributed by atoms with Gasteiger partial charge in [-0.1, -0.05) is 30.3 Å². The number of halogens is 3. The van der Waals surface area contributed by atoms with Crippen LogP contribution in [-0.4, -0.2) is 29.6 Å². The van der Waals surface area contributed by atoms with Crippen LogP contribution in [0.2, 0.25) is 0 Å².